The molecule has 0 saturated carbocycles. The van der Waals surface area contributed by atoms with Crippen molar-refractivity contribution in [1.82, 2.24) is 10.6 Å². The average Bonchev–Trinajstić information content (AvgIpc) is 2.66. The van der Waals surface area contributed by atoms with E-state index in [2.05, 4.69) is 15.4 Å². The number of hydrogen-bond acceptors (Lipinski definition) is 5. The first-order valence-electron chi connectivity index (χ1n) is 8.67. The zero-order chi connectivity index (χ0) is 19.9. The Morgan fingerprint density at radius 3 is 2.48 bits per heavy atom. The molecule has 27 heavy (non-hydrogen) atoms. The average molecular weight is 391 g/mol. The molecule has 0 aliphatic rings. The number of likely N-dealkylation sites (N-methyl/N-ethyl adjacent to an activating group) is 1. The van der Waals surface area contributed by atoms with Gasteiger partial charge in [-0.05, 0) is 63.4 Å². The summed E-state index contributed by atoms with van der Waals surface area (Å²) in [4.78, 5) is 12.3. The van der Waals surface area contributed by atoms with Crippen LogP contribution in [0.25, 0.3) is 0 Å². The molecule has 2 rings (SSSR count). The maximum Gasteiger partial charge on any atom is 0.261 e. The summed E-state index contributed by atoms with van der Waals surface area (Å²) in [6.45, 7) is 4.78. The zero-order valence-corrected chi connectivity index (χ0v) is 16.5. The van der Waals surface area contributed by atoms with E-state index >= 15 is 0 Å². The van der Waals surface area contributed by atoms with E-state index in [1.165, 1.54) is 18.2 Å². The second-order valence-electron chi connectivity index (χ2n) is 5.99. The van der Waals surface area contributed by atoms with Crippen molar-refractivity contribution < 1.29 is 17.9 Å². The van der Waals surface area contributed by atoms with Gasteiger partial charge in [0, 0.05) is 23.8 Å². The molecule has 7 nitrogen and oxygen atoms in total. The van der Waals surface area contributed by atoms with Crippen LogP contribution >= 0.6 is 0 Å². The number of carbonyl (C=O) groups is 1. The number of sulfonamides is 1. The number of amides is 1. The van der Waals surface area contributed by atoms with E-state index in [1.54, 1.807) is 30.3 Å². The molecule has 146 valence electrons. The third kappa shape index (κ3) is 5.97. The fraction of sp³-hybridized carbons (Fsp3) is 0.316. The van der Waals surface area contributed by atoms with Crippen LogP contribution in [-0.4, -0.2) is 40.6 Å². The molecular weight excluding hydrogens is 366 g/mol. The van der Waals surface area contributed by atoms with Gasteiger partial charge >= 0.3 is 0 Å². The molecule has 2 aromatic carbocycles. The minimum Gasteiger partial charge on any atom is -0.494 e. The van der Waals surface area contributed by atoms with Gasteiger partial charge in [0.1, 0.15) is 5.75 Å². The first-order valence-corrected chi connectivity index (χ1v) is 10.1. The summed E-state index contributed by atoms with van der Waals surface area (Å²) in [6, 6.07) is 12.7. The highest BCUT2D eigenvalue weighted by Gasteiger charge is 2.15. The Morgan fingerprint density at radius 2 is 1.85 bits per heavy atom. The number of anilines is 1. The summed E-state index contributed by atoms with van der Waals surface area (Å²) in [5.41, 5.74) is 0.698. The summed E-state index contributed by atoms with van der Waals surface area (Å²) < 4.78 is 32.9. The molecule has 0 bridgehead atoms. The molecule has 8 heteroatoms. The normalized spacial score (nSPS) is 12.3. The lowest BCUT2D eigenvalue weighted by Gasteiger charge is -2.13. The van der Waals surface area contributed by atoms with Crippen LogP contribution in [0.5, 0.6) is 5.75 Å². The molecule has 1 atom stereocenters. The van der Waals surface area contributed by atoms with Crippen LogP contribution in [0.2, 0.25) is 0 Å². The van der Waals surface area contributed by atoms with E-state index < -0.39 is 10.0 Å². The van der Waals surface area contributed by atoms with Crippen molar-refractivity contribution in [2.45, 2.75) is 24.8 Å². The quantitative estimate of drug-likeness (QED) is 0.609. The van der Waals surface area contributed by atoms with Crippen molar-refractivity contribution in [2.75, 3.05) is 24.9 Å². The minimum absolute atomic E-state index is 0.114. The van der Waals surface area contributed by atoms with Crippen LogP contribution in [0.1, 0.15) is 24.2 Å². The van der Waals surface area contributed by atoms with Gasteiger partial charge in [-0.15, -0.1) is 0 Å². The molecule has 3 N–H and O–H groups in total. The zero-order valence-electron chi connectivity index (χ0n) is 15.7. The Labute approximate surface area is 160 Å². The number of benzene rings is 2. The van der Waals surface area contributed by atoms with Gasteiger partial charge in [-0.25, -0.2) is 8.42 Å². The van der Waals surface area contributed by atoms with Gasteiger partial charge in [-0.2, -0.15) is 0 Å². The standard InChI is InChI=1S/C19H25N3O4S/c1-4-26-17-8-10-18(11-9-17)27(24,25)22-16-7-5-6-15(12-16)19(23)21-13-14(2)20-3/h5-12,14,20,22H,4,13H2,1-3H3,(H,21,23). The number of nitrogens with one attached hydrogen (secondary N) is 3. The van der Waals surface area contributed by atoms with E-state index in [4.69, 9.17) is 4.74 Å². The van der Waals surface area contributed by atoms with Crippen LogP contribution in [0.3, 0.4) is 0 Å². The Balaban J connectivity index is 2.11. The number of ether oxygens (including phenoxy) is 1. The molecule has 0 saturated heterocycles. The lowest BCUT2D eigenvalue weighted by Crippen LogP contribution is -2.37. The molecule has 0 radical (unpaired) electrons. The maximum atomic E-state index is 12.5. The van der Waals surface area contributed by atoms with Crippen molar-refractivity contribution in [3.63, 3.8) is 0 Å². The van der Waals surface area contributed by atoms with Gasteiger partial charge in [0.05, 0.1) is 11.5 Å². The van der Waals surface area contributed by atoms with Crippen molar-refractivity contribution >= 4 is 21.6 Å². The summed E-state index contributed by atoms with van der Waals surface area (Å²) in [6.07, 6.45) is 0. The van der Waals surface area contributed by atoms with Crippen molar-refractivity contribution in [2.24, 2.45) is 0 Å². The van der Waals surface area contributed by atoms with Crippen LogP contribution in [0.4, 0.5) is 5.69 Å². The van der Waals surface area contributed by atoms with Crippen LogP contribution in [0.15, 0.2) is 53.4 Å². The summed E-state index contributed by atoms with van der Waals surface area (Å²) in [7, 11) is -1.95. The lowest BCUT2D eigenvalue weighted by molar-refractivity contribution is 0.0950. The first kappa shape index (κ1) is 20.7. The summed E-state index contributed by atoms with van der Waals surface area (Å²) in [5, 5.41) is 5.83. The molecule has 1 amide bonds. The third-order valence-corrected chi connectivity index (χ3v) is 5.28. The summed E-state index contributed by atoms with van der Waals surface area (Å²) in [5.74, 6) is 0.338. The molecule has 0 heterocycles. The van der Waals surface area contributed by atoms with Gasteiger partial charge in [-0.3, -0.25) is 9.52 Å². The van der Waals surface area contributed by atoms with E-state index in [1.807, 2.05) is 20.9 Å². The maximum absolute atomic E-state index is 12.5. The van der Waals surface area contributed by atoms with E-state index in [0.29, 0.717) is 30.2 Å². The molecule has 0 aromatic heterocycles. The monoisotopic (exact) mass is 391 g/mol. The van der Waals surface area contributed by atoms with E-state index in [-0.39, 0.29) is 16.8 Å². The predicted octanol–water partition coefficient (Wildman–Crippen LogP) is 2.22. The van der Waals surface area contributed by atoms with Gasteiger partial charge in [0.15, 0.2) is 0 Å². The molecule has 1 unspecified atom stereocenters. The highest BCUT2D eigenvalue weighted by Crippen LogP contribution is 2.20. The SMILES string of the molecule is CCOc1ccc(S(=O)(=O)Nc2cccc(C(=O)NCC(C)NC)c2)cc1. The van der Waals surface area contributed by atoms with Gasteiger partial charge in [-0.1, -0.05) is 6.07 Å². The van der Waals surface area contributed by atoms with E-state index in [0.717, 1.165) is 0 Å². The fourth-order valence-electron chi connectivity index (χ4n) is 2.27. The smallest absolute Gasteiger partial charge is 0.261 e. The number of rotatable bonds is 9. The van der Waals surface area contributed by atoms with Crippen LogP contribution < -0.4 is 20.1 Å². The van der Waals surface area contributed by atoms with Crippen molar-refractivity contribution in [3.8, 4) is 5.75 Å². The third-order valence-electron chi connectivity index (χ3n) is 3.88. The van der Waals surface area contributed by atoms with Crippen LogP contribution in [-0.2, 0) is 10.0 Å². The number of carbonyl (C=O) groups excluding carboxylic acids is 1. The molecule has 0 spiro atoms. The predicted molar refractivity (Wildman–Crippen MR) is 106 cm³/mol. The van der Waals surface area contributed by atoms with Gasteiger partial charge < -0.3 is 15.4 Å². The second kappa shape index (κ2) is 9.38. The largest absolute Gasteiger partial charge is 0.494 e. The van der Waals surface area contributed by atoms with Gasteiger partial charge in [0.2, 0.25) is 0 Å². The molecule has 0 fully saturated rings. The first-order chi connectivity index (χ1) is 12.9. The second-order valence-corrected chi connectivity index (χ2v) is 7.67. The minimum atomic E-state index is -3.76. The van der Waals surface area contributed by atoms with E-state index in [9.17, 15) is 13.2 Å². The molecule has 0 aliphatic heterocycles. The highest BCUT2D eigenvalue weighted by molar-refractivity contribution is 7.92. The molecule has 0 aliphatic carbocycles. The van der Waals surface area contributed by atoms with Gasteiger partial charge in [0.25, 0.3) is 15.9 Å². The highest BCUT2D eigenvalue weighted by atomic mass is 32.2. The Kier molecular flexibility index (Phi) is 7.20. The lowest BCUT2D eigenvalue weighted by atomic mass is 10.2. The van der Waals surface area contributed by atoms with Crippen molar-refractivity contribution in [1.29, 1.82) is 0 Å². The fourth-order valence-corrected chi connectivity index (χ4v) is 3.32. The molecular formula is C19H25N3O4S. The molecule has 2 aromatic rings. The Morgan fingerprint density at radius 1 is 1.15 bits per heavy atom. The van der Waals surface area contributed by atoms with Crippen LogP contribution in [0, 0.1) is 0 Å². The Bertz CT molecular complexity index is 867. The number of hydrogen-bond donors (Lipinski definition) is 3. The Hall–Kier alpha value is -2.58. The summed E-state index contributed by atoms with van der Waals surface area (Å²) >= 11 is 0. The van der Waals surface area contributed by atoms with Crippen molar-refractivity contribution in [3.05, 3.63) is 54.1 Å². The topological polar surface area (TPSA) is 96.5 Å².